The molecular formula is C16H19NO3S. The molecule has 5 heteroatoms. The van der Waals surface area contributed by atoms with E-state index in [4.69, 9.17) is 9.47 Å². The summed E-state index contributed by atoms with van der Waals surface area (Å²) in [7, 11) is 1.38. The fourth-order valence-corrected chi connectivity index (χ4v) is 2.58. The summed E-state index contributed by atoms with van der Waals surface area (Å²) in [6.07, 6.45) is 0. The number of thiazole rings is 1. The van der Waals surface area contributed by atoms with Gasteiger partial charge in [-0.2, -0.15) is 0 Å². The Bertz CT molecular complexity index is 617. The highest BCUT2D eigenvalue weighted by molar-refractivity contribution is 7.13. The van der Waals surface area contributed by atoms with Crippen LogP contribution in [0.25, 0.3) is 10.6 Å². The number of nitrogens with zero attached hydrogens (tertiary/aromatic N) is 1. The molecule has 1 heterocycles. The molecule has 21 heavy (non-hydrogen) atoms. The van der Waals surface area contributed by atoms with Gasteiger partial charge < -0.3 is 9.47 Å². The maximum absolute atomic E-state index is 11.6. The number of aromatic nitrogens is 1. The number of carbonyl (C=O) groups is 1. The molecule has 0 saturated carbocycles. The summed E-state index contributed by atoms with van der Waals surface area (Å²) in [6, 6.07) is 7.72. The lowest BCUT2D eigenvalue weighted by atomic mass is 9.95. The van der Waals surface area contributed by atoms with Crippen LogP contribution in [-0.4, -0.2) is 24.7 Å². The topological polar surface area (TPSA) is 48.4 Å². The summed E-state index contributed by atoms with van der Waals surface area (Å²) in [4.78, 5) is 16.0. The van der Waals surface area contributed by atoms with E-state index >= 15 is 0 Å². The number of aryl methyl sites for hydroxylation is 1. The summed E-state index contributed by atoms with van der Waals surface area (Å²) < 4.78 is 10.4. The number of ether oxygens (including phenoxy) is 2. The van der Waals surface area contributed by atoms with Gasteiger partial charge in [0.25, 0.3) is 0 Å². The molecule has 0 N–H and O–H groups in total. The molecule has 2 aromatic rings. The van der Waals surface area contributed by atoms with Crippen molar-refractivity contribution in [2.24, 2.45) is 5.41 Å². The minimum Gasteiger partial charge on any atom is -0.492 e. The van der Waals surface area contributed by atoms with Crippen molar-refractivity contribution < 1.29 is 14.3 Å². The standard InChI is InChI=1S/C16H19NO3S/c1-11-9-21-14(17-11)12-5-7-13(8-6-12)20-10-16(2,3)15(18)19-4/h5-9H,10H2,1-4H3. The van der Waals surface area contributed by atoms with Crippen LogP contribution < -0.4 is 4.74 Å². The highest BCUT2D eigenvalue weighted by atomic mass is 32.1. The summed E-state index contributed by atoms with van der Waals surface area (Å²) in [5.41, 5.74) is 1.42. The lowest BCUT2D eigenvalue weighted by Crippen LogP contribution is -2.32. The van der Waals surface area contributed by atoms with E-state index in [1.54, 1.807) is 25.2 Å². The van der Waals surface area contributed by atoms with E-state index in [1.807, 2.05) is 36.6 Å². The number of methoxy groups -OCH3 is 1. The molecule has 0 bridgehead atoms. The average Bonchev–Trinajstić information content (AvgIpc) is 2.91. The maximum atomic E-state index is 11.6. The Morgan fingerprint density at radius 2 is 1.95 bits per heavy atom. The molecule has 0 saturated heterocycles. The lowest BCUT2D eigenvalue weighted by Gasteiger charge is -2.21. The van der Waals surface area contributed by atoms with Crippen LogP contribution in [0.5, 0.6) is 5.75 Å². The number of rotatable bonds is 5. The zero-order chi connectivity index (χ0) is 15.5. The molecule has 0 spiro atoms. The van der Waals surface area contributed by atoms with Crippen LogP contribution in [0.1, 0.15) is 19.5 Å². The van der Waals surface area contributed by atoms with Gasteiger partial charge in [-0.15, -0.1) is 11.3 Å². The summed E-state index contributed by atoms with van der Waals surface area (Å²) >= 11 is 1.62. The Morgan fingerprint density at radius 3 is 2.48 bits per heavy atom. The summed E-state index contributed by atoms with van der Waals surface area (Å²) in [5.74, 6) is 0.446. The van der Waals surface area contributed by atoms with Crippen molar-refractivity contribution in [3.8, 4) is 16.3 Å². The molecule has 0 aliphatic heterocycles. The third-order valence-corrected chi connectivity index (χ3v) is 4.07. The van der Waals surface area contributed by atoms with E-state index in [9.17, 15) is 4.79 Å². The second kappa shape index (κ2) is 6.26. The predicted molar refractivity (Wildman–Crippen MR) is 83.6 cm³/mol. The number of esters is 1. The minimum atomic E-state index is -0.667. The van der Waals surface area contributed by atoms with E-state index in [-0.39, 0.29) is 12.6 Å². The summed E-state index contributed by atoms with van der Waals surface area (Å²) in [6.45, 7) is 5.85. The zero-order valence-corrected chi connectivity index (χ0v) is 13.5. The van der Waals surface area contributed by atoms with Crippen LogP contribution in [0.2, 0.25) is 0 Å². The van der Waals surface area contributed by atoms with Crippen molar-refractivity contribution in [1.29, 1.82) is 0 Å². The summed E-state index contributed by atoms with van der Waals surface area (Å²) in [5, 5.41) is 3.02. The largest absolute Gasteiger partial charge is 0.492 e. The Morgan fingerprint density at radius 1 is 1.29 bits per heavy atom. The van der Waals surface area contributed by atoms with Crippen LogP contribution in [-0.2, 0) is 9.53 Å². The van der Waals surface area contributed by atoms with Gasteiger partial charge in [-0.05, 0) is 45.0 Å². The molecule has 1 aromatic heterocycles. The van der Waals surface area contributed by atoms with Gasteiger partial charge >= 0.3 is 5.97 Å². The van der Waals surface area contributed by atoms with Crippen LogP contribution in [0.3, 0.4) is 0 Å². The van der Waals surface area contributed by atoms with E-state index in [0.717, 1.165) is 22.0 Å². The Labute approximate surface area is 128 Å². The molecule has 0 atom stereocenters. The first-order valence-corrected chi connectivity index (χ1v) is 7.54. The van der Waals surface area contributed by atoms with Crippen LogP contribution in [0.4, 0.5) is 0 Å². The van der Waals surface area contributed by atoms with Gasteiger partial charge in [0, 0.05) is 16.6 Å². The molecule has 112 valence electrons. The van der Waals surface area contributed by atoms with Crippen molar-refractivity contribution in [1.82, 2.24) is 4.98 Å². The molecule has 0 radical (unpaired) electrons. The molecule has 0 unspecified atom stereocenters. The van der Waals surface area contributed by atoms with E-state index in [1.165, 1.54) is 7.11 Å². The fourth-order valence-electron chi connectivity index (χ4n) is 1.78. The van der Waals surface area contributed by atoms with Crippen molar-refractivity contribution >= 4 is 17.3 Å². The van der Waals surface area contributed by atoms with Crippen LogP contribution in [0, 0.1) is 12.3 Å². The fraction of sp³-hybridized carbons (Fsp3) is 0.375. The number of carbonyl (C=O) groups excluding carboxylic acids is 1. The molecule has 0 aliphatic carbocycles. The molecule has 4 nitrogen and oxygen atoms in total. The minimum absolute atomic E-state index is 0.273. The Balaban J connectivity index is 2.01. The molecule has 2 rings (SSSR count). The SMILES string of the molecule is COC(=O)C(C)(C)COc1ccc(-c2nc(C)cs2)cc1. The highest BCUT2D eigenvalue weighted by Gasteiger charge is 2.29. The van der Waals surface area contributed by atoms with Gasteiger partial charge in [-0.3, -0.25) is 4.79 Å². The van der Waals surface area contributed by atoms with Gasteiger partial charge in [0.05, 0.1) is 12.5 Å². The third-order valence-electron chi connectivity index (χ3n) is 3.06. The smallest absolute Gasteiger partial charge is 0.314 e. The van der Waals surface area contributed by atoms with Gasteiger partial charge in [-0.25, -0.2) is 4.98 Å². The monoisotopic (exact) mass is 305 g/mol. The van der Waals surface area contributed by atoms with Crippen molar-refractivity contribution in [2.75, 3.05) is 13.7 Å². The quantitative estimate of drug-likeness (QED) is 0.790. The third kappa shape index (κ3) is 3.82. The maximum Gasteiger partial charge on any atom is 0.314 e. The van der Waals surface area contributed by atoms with Crippen molar-refractivity contribution in [3.05, 3.63) is 35.3 Å². The normalized spacial score (nSPS) is 11.2. The van der Waals surface area contributed by atoms with Crippen LogP contribution in [0.15, 0.2) is 29.6 Å². The Hall–Kier alpha value is -1.88. The van der Waals surface area contributed by atoms with Crippen LogP contribution >= 0.6 is 11.3 Å². The van der Waals surface area contributed by atoms with E-state index < -0.39 is 5.41 Å². The first-order valence-electron chi connectivity index (χ1n) is 6.66. The van der Waals surface area contributed by atoms with Gasteiger partial charge in [0.1, 0.15) is 17.4 Å². The van der Waals surface area contributed by atoms with Gasteiger partial charge in [0.2, 0.25) is 0 Å². The molecule has 1 aromatic carbocycles. The molecule has 0 aliphatic rings. The molecule has 0 amide bonds. The number of benzene rings is 1. The van der Waals surface area contributed by atoms with E-state index in [2.05, 4.69) is 4.98 Å². The number of hydrogen-bond donors (Lipinski definition) is 0. The van der Waals surface area contributed by atoms with Gasteiger partial charge in [0.15, 0.2) is 0 Å². The first-order chi connectivity index (χ1) is 9.92. The average molecular weight is 305 g/mol. The van der Waals surface area contributed by atoms with E-state index in [0.29, 0.717) is 0 Å². The highest BCUT2D eigenvalue weighted by Crippen LogP contribution is 2.26. The first kappa shape index (κ1) is 15.5. The molecular weight excluding hydrogens is 286 g/mol. The molecule has 0 fully saturated rings. The zero-order valence-electron chi connectivity index (χ0n) is 12.7. The van der Waals surface area contributed by atoms with Crippen molar-refractivity contribution in [3.63, 3.8) is 0 Å². The lowest BCUT2D eigenvalue weighted by molar-refractivity contribution is -0.152. The predicted octanol–water partition coefficient (Wildman–Crippen LogP) is 3.70. The second-order valence-electron chi connectivity index (χ2n) is 5.48. The van der Waals surface area contributed by atoms with Gasteiger partial charge in [-0.1, -0.05) is 0 Å². The number of hydrogen-bond acceptors (Lipinski definition) is 5. The Kier molecular flexibility index (Phi) is 4.63. The van der Waals surface area contributed by atoms with Crippen molar-refractivity contribution in [2.45, 2.75) is 20.8 Å². The second-order valence-corrected chi connectivity index (χ2v) is 6.34.